The maximum Gasteiger partial charge on any atom is 0.252 e. The molecule has 0 radical (unpaired) electrons. The van der Waals surface area contributed by atoms with Crippen molar-refractivity contribution in [2.24, 2.45) is 0 Å². The highest BCUT2D eigenvalue weighted by atomic mass is 16.5. The van der Waals surface area contributed by atoms with Gasteiger partial charge in [-0.05, 0) is 12.8 Å². The van der Waals surface area contributed by atoms with Gasteiger partial charge in [0.2, 0.25) is 0 Å². The second kappa shape index (κ2) is 7.63. The van der Waals surface area contributed by atoms with Gasteiger partial charge in [-0.3, -0.25) is 4.79 Å². The first kappa shape index (κ1) is 13.5. The molecule has 1 amide bonds. The lowest BCUT2D eigenvalue weighted by Gasteiger charge is -2.17. The molecule has 0 unspecified atom stereocenters. The summed E-state index contributed by atoms with van der Waals surface area (Å²) in [6.45, 7) is 6.16. The van der Waals surface area contributed by atoms with E-state index in [4.69, 9.17) is 9.47 Å². The smallest absolute Gasteiger partial charge is 0.252 e. The van der Waals surface area contributed by atoms with Crippen molar-refractivity contribution in [2.75, 3.05) is 19.8 Å². The maximum absolute atomic E-state index is 11.5. The molecule has 0 saturated carbocycles. The van der Waals surface area contributed by atoms with Crippen molar-refractivity contribution < 1.29 is 14.3 Å². The second-order valence-corrected chi connectivity index (χ2v) is 4.15. The molecule has 1 aliphatic heterocycles. The molecule has 1 rings (SSSR count). The minimum absolute atomic E-state index is 0.0300. The lowest BCUT2D eigenvalue weighted by Crippen LogP contribution is -2.33. The lowest BCUT2D eigenvalue weighted by molar-refractivity contribution is -0.135. The minimum Gasteiger partial charge on any atom is -0.373 e. The van der Waals surface area contributed by atoms with E-state index in [0.717, 1.165) is 25.7 Å². The average molecular weight is 229 g/mol. The van der Waals surface area contributed by atoms with Gasteiger partial charge in [-0.2, -0.15) is 0 Å². The number of carbonyl (C=O) groups excluding carboxylic acids is 1. The second-order valence-electron chi connectivity index (χ2n) is 4.15. The van der Waals surface area contributed by atoms with Crippen LogP contribution in [0.1, 0.15) is 39.5 Å². The number of hydrogen-bond acceptors (Lipinski definition) is 3. The summed E-state index contributed by atoms with van der Waals surface area (Å²) in [6.07, 6.45) is 3.71. The van der Waals surface area contributed by atoms with Gasteiger partial charge in [0.1, 0.15) is 6.10 Å². The van der Waals surface area contributed by atoms with Gasteiger partial charge < -0.3 is 14.8 Å². The Morgan fingerprint density at radius 3 is 2.44 bits per heavy atom. The third kappa shape index (κ3) is 4.10. The molecule has 0 aromatic rings. The zero-order valence-corrected chi connectivity index (χ0v) is 10.3. The van der Waals surface area contributed by atoms with Crippen molar-refractivity contribution >= 4 is 5.91 Å². The number of carbonyl (C=O) groups is 1. The van der Waals surface area contributed by atoms with Gasteiger partial charge >= 0.3 is 0 Å². The maximum atomic E-state index is 11.5. The highest BCUT2D eigenvalue weighted by Crippen LogP contribution is 2.12. The zero-order valence-electron chi connectivity index (χ0n) is 10.3. The van der Waals surface area contributed by atoms with Crippen LogP contribution in [-0.2, 0) is 14.3 Å². The molecule has 2 atom stereocenters. The minimum atomic E-state index is -0.400. The van der Waals surface area contributed by atoms with E-state index < -0.39 is 6.10 Å². The summed E-state index contributed by atoms with van der Waals surface area (Å²) in [5, 5.41) is 2.78. The monoisotopic (exact) mass is 229 g/mol. The fourth-order valence-electron chi connectivity index (χ4n) is 1.64. The highest BCUT2D eigenvalue weighted by molar-refractivity contribution is 5.83. The normalized spacial score (nSPS) is 24.8. The van der Waals surface area contributed by atoms with E-state index in [-0.39, 0.29) is 12.0 Å². The molecule has 0 aromatic carbocycles. The molecular formula is C12H23NO3. The first-order chi connectivity index (χ1) is 7.79. The number of hydrogen-bond donors (Lipinski definition) is 1. The van der Waals surface area contributed by atoms with Gasteiger partial charge in [-0.1, -0.05) is 26.7 Å². The van der Waals surface area contributed by atoms with Crippen LogP contribution in [-0.4, -0.2) is 37.9 Å². The van der Waals surface area contributed by atoms with Crippen molar-refractivity contribution in [2.45, 2.75) is 51.7 Å². The summed E-state index contributed by atoms with van der Waals surface area (Å²) in [7, 11) is 0. The molecule has 94 valence electrons. The molecule has 1 heterocycles. The predicted molar refractivity (Wildman–Crippen MR) is 62.3 cm³/mol. The summed E-state index contributed by atoms with van der Waals surface area (Å²) in [6, 6.07) is 0. The van der Waals surface area contributed by atoms with Gasteiger partial charge in [0.25, 0.3) is 5.91 Å². The SMILES string of the molecule is CCCCO[C@@H]1C(=O)NC[C@H]1OCCCC. The Hall–Kier alpha value is -0.610. The number of rotatable bonds is 8. The largest absolute Gasteiger partial charge is 0.373 e. The molecule has 1 saturated heterocycles. The van der Waals surface area contributed by atoms with E-state index in [1.54, 1.807) is 0 Å². The van der Waals surface area contributed by atoms with Gasteiger partial charge in [-0.25, -0.2) is 0 Å². The molecule has 4 heteroatoms. The van der Waals surface area contributed by atoms with E-state index in [2.05, 4.69) is 19.2 Å². The van der Waals surface area contributed by atoms with Crippen LogP contribution in [0.4, 0.5) is 0 Å². The first-order valence-electron chi connectivity index (χ1n) is 6.30. The van der Waals surface area contributed by atoms with Crippen molar-refractivity contribution in [3.05, 3.63) is 0 Å². The Kier molecular flexibility index (Phi) is 6.42. The number of nitrogens with one attached hydrogen (secondary N) is 1. The molecule has 1 N–H and O–H groups in total. The number of unbranched alkanes of at least 4 members (excludes halogenated alkanes) is 2. The van der Waals surface area contributed by atoms with Gasteiger partial charge in [0.05, 0.1) is 0 Å². The van der Waals surface area contributed by atoms with E-state index in [1.807, 2.05) is 0 Å². The van der Waals surface area contributed by atoms with Crippen LogP contribution in [0.5, 0.6) is 0 Å². The van der Waals surface area contributed by atoms with Crippen LogP contribution in [0.25, 0.3) is 0 Å². The van der Waals surface area contributed by atoms with Gasteiger partial charge in [0.15, 0.2) is 6.10 Å². The molecule has 0 spiro atoms. The molecule has 1 fully saturated rings. The molecular weight excluding hydrogens is 206 g/mol. The van der Waals surface area contributed by atoms with Crippen LogP contribution in [0.15, 0.2) is 0 Å². The van der Waals surface area contributed by atoms with Crippen LogP contribution in [0.2, 0.25) is 0 Å². The Labute approximate surface area is 97.7 Å². The number of amides is 1. The van der Waals surface area contributed by atoms with Gasteiger partial charge in [-0.15, -0.1) is 0 Å². The first-order valence-corrected chi connectivity index (χ1v) is 6.30. The average Bonchev–Trinajstić information content (AvgIpc) is 2.62. The quantitative estimate of drug-likeness (QED) is 0.641. The Bertz CT molecular complexity index is 208. The lowest BCUT2D eigenvalue weighted by atomic mass is 10.2. The molecule has 0 aliphatic carbocycles. The molecule has 16 heavy (non-hydrogen) atoms. The zero-order chi connectivity index (χ0) is 11.8. The van der Waals surface area contributed by atoms with Crippen LogP contribution >= 0.6 is 0 Å². The van der Waals surface area contributed by atoms with E-state index in [1.165, 1.54) is 0 Å². The van der Waals surface area contributed by atoms with Crippen molar-refractivity contribution in [1.82, 2.24) is 5.32 Å². The highest BCUT2D eigenvalue weighted by Gasteiger charge is 2.36. The van der Waals surface area contributed by atoms with E-state index in [9.17, 15) is 4.79 Å². The van der Waals surface area contributed by atoms with Crippen LogP contribution in [0.3, 0.4) is 0 Å². The van der Waals surface area contributed by atoms with Crippen LogP contribution in [0, 0.1) is 0 Å². The van der Waals surface area contributed by atoms with Crippen molar-refractivity contribution in [3.63, 3.8) is 0 Å². The summed E-state index contributed by atoms with van der Waals surface area (Å²) < 4.78 is 11.2. The predicted octanol–water partition coefficient (Wildman–Crippen LogP) is 1.49. The van der Waals surface area contributed by atoms with E-state index >= 15 is 0 Å². The summed E-state index contributed by atoms with van der Waals surface area (Å²) in [4.78, 5) is 11.5. The third-order valence-electron chi connectivity index (χ3n) is 2.70. The fraction of sp³-hybridized carbons (Fsp3) is 0.917. The number of ether oxygens (including phenoxy) is 2. The molecule has 1 aliphatic rings. The Morgan fingerprint density at radius 2 is 1.81 bits per heavy atom. The summed E-state index contributed by atoms with van der Waals surface area (Å²) >= 11 is 0. The van der Waals surface area contributed by atoms with Crippen LogP contribution < -0.4 is 5.32 Å². The van der Waals surface area contributed by atoms with Crippen molar-refractivity contribution in [3.8, 4) is 0 Å². The standard InChI is InChI=1S/C12H23NO3/c1-3-5-7-15-10-9-13-12(14)11(10)16-8-6-4-2/h10-11H,3-9H2,1-2H3,(H,13,14)/t10-,11+/m1/s1. The third-order valence-corrected chi connectivity index (χ3v) is 2.70. The Balaban J connectivity index is 2.28. The van der Waals surface area contributed by atoms with Crippen molar-refractivity contribution in [1.29, 1.82) is 0 Å². The van der Waals surface area contributed by atoms with E-state index in [0.29, 0.717) is 19.8 Å². The molecule has 0 bridgehead atoms. The topological polar surface area (TPSA) is 47.6 Å². The van der Waals surface area contributed by atoms with Gasteiger partial charge in [0, 0.05) is 19.8 Å². The molecule has 0 aromatic heterocycles. The fourth-order valence-corrected chi connectivity index (χ4v) is 1.64. The molecule has 4 nitrogen and oxygen atoms in total. The Morgan fingerprint density at radius 1 is 1.19 bits per heavy atom. The summed E-state index contributed by atoms with van der Waals surface area (Å²) in [5.74, 6) is -0.0300. The summed E-state index contributed by atoms with van der Waals surface area (Å²) in [5.41, 5.74) is 0.